The Labute approximate surface area is 124 Å². The number of thiophene rings is 1. The van der Waals surface area contributed by atoms with Crippen molar-refractivity contribution in [3.05, 3.63) is 34.7 Å². The molecule has 0 aromatic carbocycles. The van der Waals surface area contributed by atoms with Crippen LogP contribution in [-0.4, -0.2) is 20.1 Å². The standard InChI is InChI=1S/C12H6F3N3OS2/c13-12(14,15)8-5-21-11(17-8)10-16-6(4-9(19)18-10)7-2-1-3-20-7/h1-5H,(H,16,18,19). The quantitative estimate of drug-likeness (QED) is 0.770. The summed E-state index contributed by atoms with van der Waals surface area (Å²) < 4.78 is 37.7. The molecule has 4 nitrogen and oxygen atoms in total. The van der Waals surface area contributed by atoms with Gasteiger partial charge in [-0.3, -0.25) is 0 Å². The Kier molecular flexibility index (Phi) is 3.38. The molecule has 21 heavy (non-hydrogen) atoms. The largest absolute Gasteiger partial charge is 0.493 e. The third kappa shape index (κ3) is 2.88. The Balaban J connectivity index is 2.05. The molecular weight excluding hydrogens is 323 g/mol. The van der Waals surface area contributed by atoms with Gasteiger partial charge in [0.05, 0.1) is 10.6 Å². The van der Waals surface area contributed by atoms with Gasteiger partial charge >= 0.3 is 6.18 Å². The van der Waals surface area contributed by atoms with Crippen molar-refractivity contribution in [3.63, 3.8) is 0 Å². The minimum atomic E-state index is -4.51. The van der Waals surface area contributed by atoms with Crippen LogP contribution in [0.2, 0.25) is 0 Å². The fourth-order valence-electron chi connectivity index (χ4n) is 1.59. The normalized spacial score (nSPS) is 11.8. The Morgan fingerprint density at radius 1 is 1.10 bits per heavy atom. The van der Waals surface area contributed by atoms with Crippen LogP contribution in [0.3, 0.4) is 0 Å². The van der Waals surface area contributed by atoms with E-state index in [1.54, 1.807) is 6.07 Å². The molecule has 1 N–H and O–H groups in total. The number of nitrogens with zero attached hydrogens (tertiary/aromatic N) is 3. The summed E-state index contributed by atoms with van der Waals surface area (Å²) in [5.74, 6) is -0.342. The fourth-order valence-corrected chi connectivity index (χ4v) is 3.03. The first-order chi connectivity index (χ1) is 9.93. The average Bonchev–Trinajstić information content (AvgIpc) is 3.09. The van der Waals surface area contributed by atoms with Gasteiger partial charge in [-0.1, -0.05) is 6.07 Å². The molecule has 0 aliphatic carbocycles. The lowest BCUT2D eigenvalue weighted by Crippen LogP contribution is -2.05. The number of alkyl halides is 3. The summed E-state index contributed by atoms with van der Waals surface area (Å²) >= 11 is 2.18. The highest BCUT2D eigenvalue weighted by Crippen LogP contribution is 2.34. The van der Waals surface area contributed by atoms with Crippen molar-refractivity contribution in [1.29, 1.82) is 0 Å². The van der Waals surface area contributed by atoms with Crippen molar-refractivity contribution in [2.75, 3.05) is 0 Å². The number of aromatic nitrogens is 3. The monoisotopic (exact) mass is 329 g/mol. The van der Waals surface area contributed by atoms with Crippen LogP contribution in [0.15, 0.2) is 29.0 Å². The van der Waals surface area contributed by atoms with Gasteiger partial charge in [-0.2, -0.15) is 18.2 Å². The molecule has 9 heteroatoms. The molecule has 0 fully saturated rings. The van der Waals surface area contributed by atoms with Crippen LogP contribution < -0.4 is 0 Å². The maximum Gasteiger partial charge on any atom is 0.434 e. The molecule has 3 heterocycles. The first kappa shape index (κ1) is 14.0. The van der Waals surface area contributed by atoms with Gasteiger partial charge in [0.2, 0.25) is 5.88 Å². The molecule has 108 valence electrons. The van der Waals surface area contributed by atoms with Crippen molar-refractivity contribution in [3.8, 4) is 27.3 Å². The number of thiazole rings is 1. The predicted molar refractivity (Wildman–Crippen MR) is 73.1 cm³/mol. The summed E-state index contributed by atoms with van der Waals surface area (Å²) in [5, 5.41) is 12.4. The van der Waals surface area contributed by atoms with Crippen molar-refractivity contribution < 1.29 is 18.3 Å². The van der Waals surface area contributed by atoms with Crippen LogP contribution in [0.4, 0.5) is 13.2 Å². The topological polar surface area (TPSA) is 58.9 Å². The molecule has 0 aliphatic rings. The molecule has 0 bridgehead atoms. The van der Waals surface area contributed by atoms with Crippen LogP contribution in [0.1, 0.15) is 5.69 Å². The summed E-state index contributed by atoms with van der Waals surface area (Å²) in [7, 11) is 0. The van der Waals surface area contributed by atoms with Crippen molar-refractivity contribution >= 4 is 22.7 Å². The molecule has 0 atom stereocenters. The number of hydrogen-bond donors (Lipinski definition) is 1. The second kappa shape index (κ2) is 5.08. The van der Waals surface area contributed by atoms with E-state index in [9.17, 15) is 18.3 Å². The summed E-state index contributed by atoms with van der Waals surface area (Å²) in [6, 6.07) is 4.96. The van der Waals surface area contributed by atoms with Crippen LogP contribution >= 0.6 is 22.7 Å². The molecule has 0 spiro atoms. The summed E-state index contributed by atoms with van der Waals surface area (Å²) in [6.07, 6.45) is -4.51. The van der Waals surface area contributed by atoms with E-state index in [1.807, 2.05) is 11.4 Å². The third-order valence-electron chi connectivity index (χ3n) is 2.47. The summed E-state index contributed by atoms with van der Waals surface area (Å²) in [6.45, 7) is 0. The van der Waals surface area contributed by atoms with Crippen LogP contribution in [-0.2, 0) is 6.18 Å². The first-order valence-electron chi connectivity index (χ1n) is 5.58. The number of halogens is 3. The molecule has 3 aromatic rings. The van der Waals surface area contributed by atoms with E-state index in [2.05, 4.69) is 15.0 Å². The number of aromatic hydroxyl groups is 1. The Morgan fingerprint density at radius 2 is 1.90 bits per heavy atom. The molecule has 3 rings (SSSR count). The van der Waals surface area contributed by atoms with Gasteiger partial charge in [0.15, 0.2) is 16.5 Å². The maximum atomic E-state index is 12.6. The SMILES string of the molecule is Oc1cc(-c2cccs2)nc(-c2nc(C(F)(F)F)cs2)n1. The summed E-state index contributed by atoms with van der Waals surface area (Å²) in [5.41, 5.74) is -0.552. The number of rotatable bonds is 2. The van der Waals surface area contributed by atoms with Crippen molar-refractivity contribution in [1.82, 2.24) is 15.0 Å². The molecule has 0 saturated heterocycles. The molecule has 0 unspecified atom stereocenters. The lowest BCUT2D eigenvalue weighted by Gasteiger charge is -2.02. The van der Waals surface area contributed by atoms with Gasteiger partial charge in [0.1, 0.15) is 0 Å². The van der Waals surface area contributed by atoms with Crippen LogP contribution in [0.25, 0.3) is 21.4 Å². The van der Waals surface area contributed by atoms with Crippen molar-refractivity contribution in [2.45, 2.75) is 6.18 Å². The highest BCUT2D eigenvalue weighted by Gasteiger charge is 2.34. The molecule has 0 radical (unpaired) electrons. The maximum absolute atomic E-state index is 12.6. The average molecular weight is 329 g/mol. The first-order valence-corrected chi connectivity index (χ1v) is 7.34. The molecule has 0 saturated carbocycles. The minimum absolute atomic E-state index is 0.0102. The zero-order valence-corrected chi connectivity index (χ0v) is 11.8. The van der Waals surface area contributed by atoms with E-state index in [0.717, 1.165) is 21.6 Å². The van der Waals surface area contributed by atoms with E-state index >= 15 is 0 Å². The van der Waals surface area contributed by atoms with Gasteiger partial charge in [-0.05, 0) is 11.4 Å². The minimum Gasteiger partial charge on any atom is -0.493 e. The van der Waals surface area contributed by atoms with E-state index in [0.29, 0.717) is 5.69 Å². The van der Waals surface area contributed by atoms with E-state index in [-0.39, 0.29) is 16.7 Å². The van der Waals surface area contributed by atoms with Crippen LogP contribution in [0.5, 0.6) is 5.88 Å². The predicted octanol–water partition coefficient (Wildman–Crippen LogP) is 4.05. The van der Waals surface area contributed by atoms with Gasteiger partial charge < -0.3 is 5.11 Å². The number of hydrogen-bond acceptors (Lipinski definition) is 6. The van der Waals surface area contributed by atoms with Gasteiger partial charge in [-0.15, -0.1) is 22.7 Å². The highest BCUT2D eigenvalue weighted by atomic mass is 32.1. The molecule has 3 aromatic heterocycles. The van der Waals surface area contributed by atoms with E-state index in [1.165, 1.54) is 17.4 Å². The van der Waals surface area contributed by atoms with Crippen LogP contribution in [0, 0.1) is 0 Å². The summed E-state index contributed by atoms with van der Waals surface area (Å²) in [4.78, 5) is 12.2. The van der Waals surface area contributed by atoms with E-state index < -0.39 is 11.9 Å². The smallest absolute Gasteiger partial charge is 0.434 e. The van der Waals surface area contributed by atoms with Gasteiger partial charge in [0.25, 0.3) is 0 Å². The zero-order valence-electron chi connectivity index (χ0n) is 10.1. The Morgan fingerprint density at radius 3 is 2.52 bits per heavy atom. The van der Waals surface area contributed by atoms with Gasteiger partial charge in [0, 0.05) is 11.4 Å². The Hall–Kier alpha value is -2.00. The zero-order chi connectivity index (χ0) is 15.0. The lowest BCUT2D eigenvalue weighted by atomic mass is 10.3. The molecule has 0 amide bonds. The second-order valence-corrected chi connectivity index (χ2v) is 5.75. The second-order valence-electron chi connectivity index (χ2n) is 3.95. The Bertz CT molecular complexity index is 768. The fraction of sp³-hybridized carbons (Fsp3) is 0.0833. The highest BCUT2D eigenvalue weighted by molar-refractivity contribution is 7.13. The van der Waals surface area contributed by atoms with Gasteiger partial charge in [-0.25, -0.2) is 9.97 Å². The van der Waals surface area contributed by atoms with E-state index in [4.69, 9.17) is 0 Å². The van der Waals surface area contributed by atoms with Crippen molar-refractivity contribution in [2.24, 2.45) is 0 Å². The molecular formula is C12H6F3N3OS2. The lowest BCUT2D eigenvalue weighted by molar-refractivity contribution is -0.140. The molecule has 0 aliphatic heterocycles. The third-order valence-corrected chi connectivity index (χ3v) is 4.20.